The van der Waals surface area contributed by atoms with Crippen LogP contribution < -0.4 is 5.32 Å². The van der Waals surface area contributed by atoms with Gasteiger partial charge in [0.15, 0.2) is 5.65 Å². The highest BCUT2D eigenvalue weighted by molar-refractivity contribution is 5.64. The standard InChI is InChI=1S/C19H17N5/c1-2-4-16(5-3-1)17-14-19-22-18(9-13-24(19)23-17)21-12-8-15-6-10-20-11-7-15/h1-7,9-11,13-14H,8,12H2,(H,21,22). The fraction of sp³-hybridized carbons (Fsp3) is 0.105. The molecule has 118 valence electrons. The van der Waals surface area contributed by atoms with Crippen molar-refractivity contribution in [3.63, 3.8) is 0 Å². The lowest BCUT2D eigenvalue weighted by Gasteiger charge is -2.05. The molecule has 3 aromatic heterocycles. The van der Waals surface area contributed by atoms with Crippen molar-refractivity contribution in [2.75, 3.05) is 11.9 Å². The number of rotatable bonds is 5. The molecule has 1 N–H and O–H groups in total. The molecule has 1 aromatic carbocycles. The van der Waals surface area contributed by atoms with Gasteiger partial charge in [-0.05, 0) is 30.2 Å². The van der Waals surface area contributed by atoms with Gasteiger partial charge in [-0.25, -0.2) is 9.50 Å². The molecule has 0 saturated carbocycles. The molecule has 4 aromatic rings. The van der Waals surface area contributed by atoms with E-state index in [4.69, 9.17) is 0 Å². The van der Waals surface area contributed by atoms with Crippen molar-refractivity contribution in [1.29, 1.82) is 0 Å². The first-order chi connectivity index (χ1) is 11.9. The fourth-order valence-corrected chi connectivity index (χ4v) is 2.61. The van der Waals surface area contributed by atoms with Gasteiger partial charge in [-0.3, -0.25) is 4.98 Å². The topological polar surface area (TPSA) is 55.1 Å². The average molecular weight is 315 g/mol. The molecule has 0 aliphatic rings. The van der Waals surface area contributed by atoms with Crippen LogP contribution in [-0.4, -0.2) is 26.1 Å². The van der Waals surface area contributed by atoms with Crippen LogP contribution in [0.1, 0.15) is 5.56 Å². The second kappa shape index (κ2) is 6.50. The summed E-state index contributed by atoms with van der Waals surface area (Å²) in [6, 6.07) is 18.1. The highest BCUT2D eigenvalue weighted by Crippen LogP contribution is 2.19. The number of hydrogen-bond acceptors (Lipinski definition) is 4. The van der Waals surface area contributed by atoms with Crippen molar-refractivity contribution in [2.45, 2.75) is 6.42 Å². The lowest BCUT2D eigenvalue weighted by atomic mass is 10.2. The van der Waals surface area contributed by atoms with Gasteiger partial charge in [0.05, 0.1) is 5.69 Å². The number of pyridine rings is 1. The van der Waals surface area contributed by atoms with E-state index in [0.29, 0.717) is 0 Å². The minimum absolute atomic E-state index is 0.826. The monoisotopic (exact) mass is 315 g/mol. The van der Waals surface area contributed by atoms with Crippen molar-refractivity contribution < 1.29 is 0 Å². The predicted molar refractivity (Wildman–Crippen MR) is 94.9 cm³/mol. The Hall–Kier alpha value is -3.21. The number of benzene rings is 1. The first kappa shape index (κ1) is 14.4. The van der Waals surface area contributed by atoms with Gasteiger partial charge in [-0.1, -0.05) is 30.3 Å². The van der Waals surface area contributed by atoms with Gasteiger partial charge in [-0.2, -0.15) is 5.10 Å². The Morgan fingerprint density at radius 1 is 0.958 bits per heavy atom. The normalized spacial score (nSPS) is 10.8. The van der Waals surface area contributed by atoms with Crippen LogP contribution in [0, 0.1) is 0 Å². The number of nitrogens with one attached hydrogen (secondary N) is 1. The van der Waals surface area contributed by atoms with Crippen LogP contribution in [0.2, 0.25) is 0 Å². The Morgan fingerprint density at radius 3 is 2.62 bits per heavy atom. The van der Waals surface area contributed by atoms with Gasteiger partial charge >= 0.3 is 0 Å². The molecule has 0 aliphatic carbocycles. The molecule has 0 unspecified atom stereocenters. The van der Waals surface area contributed by atoms with Gasteiger partial charge in [-0.15, -0.1) is 0 Å². The molecule has 0 spiro atoms. The largest absolute Gasteiger partial charge is 0.370 e. The molecule has 4 rings (SSSR count). The van der Waals surface area contributed by atoms with Crippen molar-refractivity contribution >= 4 is 11.5 Å². The summed E-state index contributed by atoms with van der Waals surface area (Å²) in [5.41, 5.74) is 4.12. The van der Waals surface area contributed by atoms with E-state index in [9.17, 15) is 0 Å². The second-order valence-electron chi connectivity index (χ2n) is 5.54. The Kier molecular flexibility index (Phi) is 3.90. The smallest absolute Gasteiger partial charge is 0.157 e. The Bertz CT molecular complexity index is 932. The van der Waals surface area contributed by atoms with E-state index in [0.717, 1.165) is 35.7 Å². The van der Waals surface area contributed by atoms with Crippen molar-refractivity contribution in [3.05, 3.63) is 78.8 Å². The number of hydrogen-bond donors (Lipinski definition) is 1. The number of anilines is 1. The van der Waals surface area contributed by atoms with Crippen LogP contribution in [0.5, 0.6) is 0 Å². The van der Waals surface area contributed by atoms with E-state index < -0.39 is 0 Å². The Labute approximate surface area is 140 Å². The van der Waals surface area contributed by atoms with Crippen molar-refractivity contribution in [1.82, 2.24) is 19.6 Å². The predicted octanol–water partition coefficient (Wildman–Crippen LogP) is 3.45. The quantitative estimate of drug-likeness (QED) is 0.613. The van der Waals surface area contributed by atoms with Crippen LogP contribution in [0.3, 0.4) is 0 Å². The SMILES string of the molecule is c1ccc(-c2cc3nc(NCCc4ccncc4)ccn3n2)cc1. The molecule has 0 amide bonds. The third-order valence-electron chi connectivity index (χ3n) is 3.86. The molecule has 0 atom stereocenters. The molecule has 0 bridgehead atoms. The molecule has 0 radical (unpaired) electrons. The third-order valence-corrected chi connectivity index (χ3v) is 3.86. The van der Waals surface area contributed by atoms with Gasteiger partial charge in [0.2, 0.25) is 0 Å². The van der Waals surface area contributed by atoms with E-state index in [1.54, 1.807) is 4.52 Å². The van der Waals surface area contributed by atoms with E-state index in [2.05, 4.69) is 32.5 Å². The molecular formula is C19H17N5. The number of nitrogens with zero attached hydrogens (tertiary/aromatic N) is 4. The molecule has 0 aliphatic heterocycles. The summed E-state index contributed by atoms with van der Waals surface area (Å²) in [6.45, 7) is 0.826. The minimum atomic E-state index is 0.826. The summed E-state index contributed by atoms with van der Waals surface area (Å²) in [7, 11) is 0. The molecule has 24 heavy (non-hydrogen) atoms. The maximum absolute atomic E-state index is 4.63. The Morgan fingerprint density at radius 2 is 1.79 bits per heavy atom. The van der Waals surface area contributed by atoms with Crippen molar-refractivity contribution in [3.8, 4) is 11.3 Å². The summed E-state index contributed by atoms with van der Waals surface area (Å²) >= 11 is 0. The maximum Gasteiger partial charge on any atom is 0.157 e. The molecule has 5 heteroatoms. The lowest BCUT2D eigenvalue weighted by Crippen LogP contribution is -2.07. The van der Waals surface area contributed by atoms with Crippen LogP contribution in [0.4, 0.5) is 5.82 Å². The zero-order chi connectivity index (χ0) is 16.2. The van der Waals surface area contributed by atoms with Gasteiger partial charge in [0, 0.05) is 36.8 Å². The summed E-state index contributed by atoms with van der Waals surface area (Å²) < 4.78 is 1.80. The summed E-state index contributed by atoms with van der Waals surface area (Å²) in [5.74, 6) is 0.857. The van der Waals surface area contributed by atoms with Crippen LogP contribution >= 0.6 is 0 Å². The van der Waals surface area contributed by atoms with Crippen molar-refractivity contribution in [2.24, 2.45) is 0 Å². The highest BCUT2D eigenvalue weighted by atomic mass is 15.3. The molecular weight excluding hydrogens is 298 g/mol. The maximum atomic E-state index is 4.63. The lowest BCUT2D eigenvalue weighted by molar-refractivity contribution is 0.935. The summed E-state index contributed by atoms with van der Waals surface area (Å²) in [4.78, 5) is 8.66. The van der Waals surface area contributed by atoms with E-state index in [-0.39, 0.29) is 0 Å². The first-order valence-corrected chi connectivity index (χ1v) is 7.93. The van der Waals surface area contributed by atoms with Gasteiger partial charge in [0.25, 0.3) is 0 Å². The molecule has 0 fully saturated rings. The van der Waals surface area contributed by atoms with E-state index in [1.807, 2.05) is 61.1 Å². The Balaban J connectivity index is 1.49. The van der Waals surface area contributed by atoms with Crippen LogP contribution in [0.15, 0.2) is 73.2 Å². The highest BCUT2D eigenvalue weighted by Gasteiger charge is 2.05. The zero-order valence-corrected chi connectivity index (χ0v) is 13.1. The zero-order valence-electron chi connectivity index (χ0n) is 13.1. The molecule has 3 heterocycles. The molecule has 5 nitrogen and oxygen atoms in total. The van der Waals surface area contributed by atoms with Crippen LogP contribution in [0.25, 0.3) is 16.9 Å². The van der Waals surface area contributed by atoms with Gasteiger partial charge in [0.1, 0.15) is 5.82 Å². The van der Waals surface area contributed by atoms with Crippen LogP contribution in [-0.2, 0) is 6.42 Å². The van der Waals surface area contributed by atoms with E-state index >= 15 is 0 Å². The summed E-state index contributed by atoms with van der Waals surface area (Å²) in [5, 5.41) is 7.93. The molecule has 0 saturated heterocycles. The summed E-state index contributed by atoms with van der Waals surface area (Å²) in [6.07, 6.45) is 6.50. The van der Waals surface area contributed by atoms with Gasteiger partial charge < -0.3 is 5.32 Å². The number of aromatic nitrogens is 4. The fourth-order valence-electron chi connectivity index (χ4n) is 2.61. The third kappa shape index (κ3) is 3.10. The minimum Gasteiger partial charge on any atom is -0.370 e. The van der Waals surface area contributed by atoms with E-state index in [1.165, 1.54) is 5.56 Å². The first-order valence-electron chi connectivity index (χ1n) is 7.93. The number of fused-ring (bicyclic) bond motifs is 1. The average Bonchev–Trinajstić information content (AvgIpc) is 3.07. The second-order valence-corrected chi connectivity index (χ2v) is 5.54.